The molecule has 0 saturated heterocycles. The Kier molecular flexibility index (Phi) is 2.63. The molecule has 2 atom stereocenters. The largest absolute Gasteiger partial charge is 0.476 e. The van der Waals surface area contributed by atoms with Crippen molar-refractivity contribution in [2.75, 3.05) is 0 Å². The second-order valence-electron chi connectivity index (χ2n) is 5.67. The number of aromatic carboxylic acids is 1. The fraction of sp³-hybridized carbons (Fsp3) is 0.333. The van der Waals surface area contributed by atoms with E-state index in [1.54, 1.807) is 12.1 Å². The minimum Gasteiger partial charge on any atom is -0.476 e. The van der Waals surface area contributed by atoms with Crippen LogP contribution >= 0.6 is 11.6 Å². The predicted octanol–water partition coefficient (Wildman–Crippen LogP) is 3.73. The molecule has 2 aromatic rings. The summed E-state index contributed by atoms with van der Waals surface area (Å²) in [7, 11) is 0. The first-order valence-electron chi connectivity index (χ1n) is 6.87. The fourth-order valence-electron chi connectivity index (χ4n) is 3.73. The van der Waals surface area contributed by atoms with Crippen molar-refractivity contribution in [3.05, 3.63) is 46.0 Å². The maximum atomic E-state index is 14.2. The van der Waals surface area contributed by atoms with E-state index in [1.807, 2.05) is 0 Å². The summed E-state index contributed by atoms with van der Waals surface area (Å²) in [5.74, 6) is -1.01. The summed E-state index contributed by atoms with van der Waals surface area (Å²) in [6, 6.07) is 4.35. The van der Waals surface area contributed by atoms with E-state index in [2.05, 4.69) is 5.10 Å². The number of nitrogens with zero attached hydrogens (tertiary/aromatic N) is 2. The molecular weight excluding hydrogens is 295 g/mol. The van der Waals surface area contributed by atoms with Crippen LogP contribution in [0.3, 0.4) is 0 Å². The Labute approximate surface area is 125 Å². The molecule has 0 aliphatic heterocycles. The number of aromatic nitrogens is 2. The van der Waals surface area contributed by atoms with Crippen LogP contribution in [0.5, 0.6) is 0 Å². The highest BCUT2D eigenvalue weighted by molar-refractivity contribution is 6.30. The van der Waals surface area contributed by atoms with Crippen LogP contribution in [0, 0.1) is 5.82 Å². The third kappa shape index (κ3) is 1.73. The molecule has 108 valence electrons. The summed E-state index contributed by atoms with van der Waals surface area (Å²) < 4.78 is 15.6. The molecule has 21 heavy (non-hydrogen) atoms. The summed E-state index contributed by atoms with van der Waals surface area (Å²) in [4.78, 5) is 11.4. The van der Waals surface area contributed by atoms with Crippen LogP contribution in [0.25, 0.3) is 5.69 Å². The standard InChI is InChI=1S/C15H12ClFN2O2/c16-9-3-4-11(10(17)6-9)19-14-8-2-1-7(5-8)12(14)13(18-19)15(20)21/h3-4,6-8H,1-2,5H2,(H,20,21)/t7-,8+/m0/s1. The topological polar surface area (TPSA) is 55.1 Å². The number of fused-ring (bicyclic) bond motifs is 5. The number of rotatable bonds is 2. The second-order valence-corrected chi connectivity index (χ2v) is 6.10. The van der Waals surface area contributed by atoms with E-state index in [9.17, 15) is 14.3 Å². The Hall–Kier alpha value is -1.88. The Morgan fingerprint density at radius 2 is 2.14 bits per heavy atom. The molecule has 1 aromatic heterocycles. The molecule has 0 radical (unpaired) electrons. The molecular formula is C15H12ClFN2O2. The number of halogens is 2. The van der Waals surface area contributed by atoms with Crippen LogP contribution in [0.15, 0.2) is 18.2 Å². The summed E-state index contributed by atoms with van der Waals surface area (Å²) in [6.07, 6.45) is 2.95. The maximum Gasteiger partial charge on any atom is 0.356 e. The molecule has 0 unspecified atom stereocenters. The molecule has 4 nitrogen and oxygen atoms in total. The molecule has 6 heteroatoms. The first kappa shape index (κ1) is 12.8. The lowest BCUT2D eigenvalue weighted by atomic mass is 9.95. The monoisotopic (exact) mass is 306 g/mol. The van der Waals surface area contributed by atoms with Gasteiger partial charge in [-0.25, -0.2) is 13.9 Å². The van der Waals surface area contributed by atoms with Crippen molar-refractivity contribution in [1.29, 1.82) is 0 Å². The molecule has 4 rings (SSSR count). The third-order valence-electron chi connectivity index (χ3n) is 4.53. The van der Waals surface area contributed by atoms with Gasteiger partial charge in [-0.2, -0.15) is 5.10 Å². The van der Waals surface area contributed by atoms with Crippen LogP contribution in [-0.4, -0.2) is 20.9 Å². The molecule has 0 spiro atoms. The minimum absolute atomic E-state index is 0.0616. The van der Waals surface area contributed by atoms with E-state index < -0.39 is 11.8 Å². The van der Waals surface area contributed by atoms with Crippen LogP contribution in [0.2, 0.25) is 5.02 Å². The van der Waals surface area contributed by atoms with Gasteiger partial charge < -0.3 is 5.11 Å². The van der Waals surface area contributed by atoms with Crippen LogP contribution in [0.1, 0.15) is 52.8 Å². The fourth-order valence-corrected chi connectivity index (χ4v) is 3.88. The van der Waals surface area contributed by atoms with E-state index in [0.717, 1.165) is 30.5 Å². The van der Waals surface area contributed by atoms with Gasteiger partial charge in [0.25, 0.3) is 0 Å². The van der Waals surface area contributed by atoms with Crippen molar-refractivity contribution in [2.24, 2.45) is 0 Å². The Bertz CT molecular complexity index is 771. The maximum absolute atomic E-state index is 14.2. The van der Waals surface area contributed by atoms with Crippen molar-refractivity contribution >= 4 is 17.6 Å². The van der Waals surface area contributed by atoms with Gasteiger partial charge in [0, 0.05) is 16.5 Å². The van der Waals surface area contributed by atoms with Crippen molar-refractivity contribution in [2.45, 2.75) is 31.1 Å². The highest BCUT2D eigenvalue weighted by Gasteiger charge is 2.44. The highest BCUT2D eigenvalue weighted by atomic mass is 35.5. The molecule has 1 N–H and O–H groups in total. The molecule has 2 aliphatic rings. The van der Waals surface area contributed by atoms with Crippen molar-refractivity contribution < 1.29 is 14.3 Å². The van der Waals surface area contributed by atoms with Crippen molar-refractivity contribution in [3.63, 3.8) is 0 Å². The van der Waals surface area contributed by atoms with Gasteiger partial charge >= 0.3 is 5.97 Å². The van der Waals surface area contributed by atoms with Gasteiger partial charge in [0.05, 0.1) is 5.69 Å². The van der Waals surface area contributed by atoms with Gasteiger partial charge in [-0.1, -0.05) is 11.6 Å². The molecule has 1 aromatic carbocycles. The van der Waals surface area contributed by atoms with Gasteiger partial charge in [-0.05, 0) is 43.4 Å². The number of carboxylic acid groups (broad SMARTS) is 1. The van der Waals surface area contributed by atoms with Gasteiger partial charge in [0.15, 0.2) is 5.69 Å². The lowest BCUT2D eigenvalue weighted by Crippen LogP contribution is -2.07. The Morgan fingerprint density at radius 3 is 2.86 bits per heavy atom. The van der Waals surface area contributed by atoms with Gasteiger partial charge in [-0.15, -0.1) is 0 Å². The number of carbonyl (C=O) groups is 1. The lowest BCUT2D eigenvalue weighted by Gasteiger charge is -2.14. The average molecular weight is 307 g/mol. The molecule has 0 amide bonds. The lowest BCUT2D eigenvalue weighted by molar-refractivity contribution is 0.0688. The van der Waals surface area contributed by atoms with Gasteiger partial charge in [0.1, 0.15) is 11.5 Å². The smallest absolute Gasteiger partial charge is 0.356 e. The summed E-state index contributed by atoms with van der Waals surface area (Å²) in [6.45, 7) is 0. The van der Waals surface area contributed by atoms with Crippen molar-refractivity contribution in [3.8, 4) is 5.69 Å². The predicted molar refractivity (Wildman–Crippen MR) is 74.8 cm³/mol. The van der Waals surface area contributed by atoms with E-state index >= 15 is 0 Å². The highest BCUT2D eigenvalue weighted by Crippen LogP contribution is 2.54. The Morgan fingerprint density at radius 1 is 1.38 bits per heavy atom. The number of benzene rings is 1. The van der Waals surface area contributed by atoms with Gasteiger partial charge in [0.2, 0.25) is 0 Å². The van der Waals surface area contributed by atoms with Crippen LogP contribution in [-0.2, 0) is 0 Å². The van der Waals surface area contributed by atoms with Crippen molar-refractivity contribution in [1.82, 2.24) is 9.78 Å². The second kappa shape index (κ2) is 4.31. The summed E-state index contributed by atoms with van der Waals surface area (Å²) in [5.41, 5.74) is 1.99. The van der Waals surface area contributed by atoms with E-state index in [0.29, 0.717) is 5.02 Å². The first-order valence-corrected chi connectivity index (χ1v) is 7.25. The SMILES string of the molecule is O=C(O)c1nn(-c2ccc(Cl)cc2F)c2c1[C@H]1CC[C@@H]2C1. The minimum atomic E-state index is -1.05. The number of hydrogen-bond donors (Lipinski definition) is 1. The van der Waals surface area contributed by atoms with Gasteiger partial charge in [-0.3, -0.25) is 0 Å². The zero-order valence-electron chi connectivity index (χ0n) is 11.0. The third-order valence-corrected chi connectivity index (χ3v) is 4.76. The van der Waals surface area contributed by atoms with E-state index in [-0.39, 0.29) is 23.2 Å². The molecule has 2 bridgehead atoms. The average Bonchev–Trinajstić information content (AvgIpc) is 3.09. The number of carboxylic acids is 1. The van der Waals surface area contributed by atoms with E-state index in [1.165, 1.54) is 10.7 Å². The Balaban J connectivity index is 1.97. The van der Waals surface area contributed by atoms with Crippen LogP contribution in [0.4, 0.5) is 4.39 Å². The molecule has 1 saturated carbocycles. The van der Waals surface area contributed by atoms with E-state index in [4.69, 9.17) is 11.6 Å². The summed E-state index contributed by atoms with van der Waals surface area (Å²) in [5, 5.41) is 13.8. The molecule has 1 fully saturated rings. The van der Waals surface area contributed by atoms with Crippen LogP contribution < -0.4 is 0 Å². The number of hydrogen-bond acceptors (Lipinski definition) is 2. The normalized spacial score (nSPS) is 22.6. The first-order chi connectivity index (χ1) is 10.1. The zero-order chi connectivity index (χ0) is 14.7. The zero-order valence-corrected chi connectivity index (χ0v) is 11.8. The quantitative estimate of drug-likeness (QED) is 0.920. The summed E-state index contributed by atoms with van der Waals surface area (Å²) >= 11 is 5.78. The molecule has 1 heterocycles. The molecule has 2 aliphatic carbocycles.